The Kier molecular flexibility index (Phi) is 10.5. The fraction of sp³-hybridized carbons (Fsp3) is 0.606. The molecule has 0 radical (unpaired) electrons. The van der Waals surface area contributed by atoms with Crippen molar-refractivity contribution in [1.29, 1.82) is 0 Å². The van der Waals surface area contributed by atoms with Gasteiger partial charge in [0.25, 0.3) is 0 Å². The number of fused-ring (bicyclic) bond motifs is 1. The Hall–Kier alpha value is -3.09. The second-order valence-electron chi connectivity index (χ2n) is 14.3. The molecule has 3 aromatic rings. The number of amides is 1. The number of halogens is 2. The molecule has 1 fully saturated rings. The van der Waals surface area contributed by atoms with E-state index < -0.39 is 25.9 Å². The molecule has 0 spiro atoms. The lowest BCUT2D eigenvalue weighted by molar-refractivity contribution is 0.114. The molecule has 1 aliphatic heterocycles. The Morgan fingerprint density at radius 2 is 1.85 bits per heavy atom. The number of aromatic nitrogens is 4. The number of nitrogens with zero attached hydrogens (tertiary/aromatic N) is 6. The normalized spacial score (nSPS) is 17.8. The van der Waals surface area contributed by atoms with Crippen LogP contribution in [0.1, 0.15) is 84.0 Å². The van der Waals surface area contributed by atoms with E-state index in [2.05, 4.69) is 43.8 Å². The van der Waals surface area contributed by atoms with Crippen molar-refractivity contribution in [3.63, 3.8) is 0 Å². The zero-order valence-corrected chi connectivity index (χ0v) is 30.5. The smallest absolute Gasteiger partial charge is 0.407 e. The van der Waals surface area contributed by atoms with E-state index in [4.69, 9.17) is 21.0 Å². The van der Waals surface area contributed by atoms with Crippen molar-refractivity contribution in [2.45, 2.75) is 111 Å². The Morgan fingerprint density at radius 1 is 1.17 bits per heavy atom. The van der Waals surface area contributed by atoms with Crippen molar-refractivity contribution < 1.29 is 18.7 Å². The largest absolute Gasteiger partial charge is 0.465 e. The third-order valence-electron chi connectivity index (χ3n) is 9.58. The van der Waals surface area contributed by atoms with E-state index >= 15 is 4.39 Å². The lowest BCUT2D eigenvalue weighted by Crippen LogP contribution is -2.58. The molecule has 1 saturated heterocycles. The first kappa shape index (κ1) is 35.8. The van der Waals surface area contributed by atoms with Gasteiger partial charge in [-0.3, -0.25) is 4.98 Å². The van der Waals surface area contributed by atoms with Gasteiger partial charge in [-0.05, 0) is 81.3 Å². The molecule has 0 saturated carbocycles. The average molecular weight is 675 g/mol. The van der Waals surface area contributed by atoms with Crippen molar-refractivity contribution in [3.8, 4) is 5.69 Å². The number of carbonyl (C=O) groups is 1. The molecular weight excluding hydrogens is 627 g/mol. The van der Waals surface area contributed by atoms with Gasteiger partial charge in [-0.25, -0.2) is 23.5 Å². The maximum Gasteiger partial charge on any atom is 0.407 e. The Bertz CT molecular complexity index is 1670. The fourth-order valence-electron chi connectivity index (χ4n) is 5.76. The molecule has 1 aliphatic rings. The van der Waals surface area contributed by atoms with Gasteiger partial charge in [-0.2, -0.15) is 4.98 Å². The highest BCUT2D eigenvalue weighted by atomic mass is 35.5. The van der Waals surface area contributed by atoms with E-state index in [1.54, 1.807) is 6.92 Å². The van der Waals surface area contributed by atoms with Crippen molar-refractivity contribution in [2.75, 3.05) is 24.6 Å². The number of pyridine rings is 2. The average Bonchev–Trinajstić information content (AvgIpc) is 2.94. The topological polar surface area (TPSA) is 114 Å². The SMILES string of the molecule is Cc1c(CCCCO[Si](C)(C)C(C)(C)C)cnc(C(C)C)c1-n1c(=O)nc(N2C[C@@H](C)N(C(=O)O)C[C@@H]2C)c2cc(F)c(Cl)nc21. The first-order valence-electron chi connectivity index (χ1n) is 16.0. The second-order valence-corrected chi connectivity index (χ2v) is 19.5. The molecule has 0 unspecified atom stereocenters. The van der Waals surface area contributed by atoms with Gasteiger partial charge in [0, 0.05) is 38.0 Å². The molecule has 1 N–H and O–H groups in total. The van der Waals surface area contributed by atoms with Crippen LogP contribution in [0.25, 0.3) is 16.7 Å². The molecule has 10 nitrogen and oxygen atoms in total. The molecule has 0 aliphatic carbocycles. The molecule has 4 rings (SSSR count). The number of hydrogen-bond donors (Lipinski definition) is 1. The van der Waals surface area contributed by atoms with Gasteiger partial charge < -0.3 is 19.3 Å². The summed E-state index contributed by atoms with van der Waals surface area (Å²) in [5, 5.41) is 9.75. The quantitative estimate of drug-likeness (QED) is 0.143. The van der Waals surface area contributed by atoms with Gasteiger partial charge in [0.1, 0.15) is 5.82 Å². The number of aryl methyl sites for hydroxylation is 1. The summed E-state index contributed by atoms with van der Waals surface area (Å²) in [6.07, 6.45) is 3.39. The standard InChI is InChI=1S/C33H48ClFN6O4Si/c1-19(2)26-27(22(5)23(16-36-26)13-11-12-14-45-46(9,10)33(6,7)8)41-30-24(15-25(35)28(34)37-30)29(38-31(41)42)39-17-21(4)40(32(43)44)18-20(39)3/h15-16,19-21H,11-14,17-18H2,1-10H3,(H,43,44)/t20-,21+/m0/s1. The molecule has 0 bridgehead atoms. The van der Waals surface area contributed by atoms with E-state index in [0.29, 0.717) is 23.4 Å². The predicted octanol–water partition coefficient (Wildman–Crippen LogP) is 7.32. The van der Waals surface area contributed by atoms with Crippen molar-refractivity contribution in [1.82, 2.24) is 24.4 Å². The van der Waals surface area contributed by atoms with Crippen molar-refractivity contribution in [2.24, 2.45) is 0 Å². The molecule has 0 aromatic carbocycles. The minimum absolute atomic E-state index is 0.0387. The highest BCUT2D eigenvalue weighted by Crippen LogP contribution is 2.37. The zero-order chi connectivity index (χ0) is 34.3. The summed E-state index contributed by atoms with van der Waals surface area (Å²) in [6, 6.07) is 0.560. The van der Waals surface area contributed by atoms with E-state index in [1.807, 2.05) is 38.8 Å². The highest BCUT2D eigenvalue weighted by molar-refractivity contribution is 6.74. The van der Waals surface area contributed by atoms with Crippen LogP contribution in [0.5, 0.6) is 0 Å². The van der Waals surface area contributed by atoms with Crippen LogP contribution < -0.4 is 10.6 Å². The first-order chi connectivity index (χ1) is 21.4. The molecule has 3 aromatic heterocycles. The van der Waals surface area contributed by atoms with Gasteiger partial charge in [-0.1, -0.05) is 46.2 Å². The number of anilines is 1. The van der Waals surface area contributed by atoms with Crippen LogP contribution in [0, 0.1) is 12.7 Å². The number of hydrogen-bond acceptors (Lipinski definition) is 7. The van der Waals surface area contributed by atoms with Crippen molar-refractivity contribution >= 4 is 42.9 Å². The van der Waals surface area contributed by atoms with Crippen LogP contribution in [0.3, 0.4) is 0 Å². The Morgan fingerprint density at radius 3 is 2.46 bits per heavy atom. The third-order valence-corrected chi connectivity index (χ3v) is 14.4. The monoisotopic (exact) mass is 674 g/mol. The first-order valence-corrected chi connectivity index (χ1v) is 19.3. The minimum atomic E-state index is -1.83. The summed E-state index contributed by atoms with van der Waals surface area (Å²) in [5.41, 5.74) is 2.72. The number of piperazine rings is 1. The maximum atomic E-state index is 15.0. The molecule has 1 amide bonds. The number of rotatable bonds is 9. The van der Waals surface area contributed by atoms with Crippen LogP contribution in [0.4, 0.5) is 15.0 Å². The van der Waals surface area contributed by atoms with Gasteiger partial charge in [0.05, 0.1) is 16.8 Å². The van der Waals surface area contributed by atoms with Crippen LogP contribution in [-0.4, -0.2) is 75.7 Å². The summed E-state index contributed by atoms with van der Waals surface area (Å²) in [5.74, 6) is -0.526. The lowest BCUT2D eigenvalue weighted by atomic mass is 9.98. The lowest BCUT2D eigenvalue weighted by Gasteiger charge is -2.43. The predicted molar refractivity (Wildman–Crippen MR) is 184 cm³/mol. The van der Waals surface area contributed by atoms with E-state index in [1.165, 1.54) is 15.5 Å². The molecule has 252 valence electrons. The van der Waals surface area contributed by atoms with Crippen LogP contribution in [0.15, 0.2) is 17.1 Å². The third kappa shape index (κ3) is 7.08. The van der Waals surface area contributed by atoms with Crippen LogP contribution >= 0.6 is 11.6 Å². The van der Waals surface area contributed by atoms with Gasteiger partial charge in [0.2, 0.25) is 0 Å². The Balaban J connectivity index is 1.78. The second kappa shape index (κ2) is 13.6. The van der Waals surface area contributed by atoms with E-state index in [9.17, 15) is 14.7 Å². The maximum absolute atomic E-state index is 15.0. The van der Waals surface area contributed by atoms with Crippen LogP contribution in [0.2, 0.25) is 23.3 Å². The molecule has 4 heterocycles. The summed E-state index contributed by atoms with van der Waals surface area (Å²) < 4.78 is 22.8. The van der Waals surface area contributed by atoms with E-state index in [0.717, 1.165) is 30.4 Å². The van der Waals surface area contributed by atoms with Crippen molar-refractivity contribution in [3.05, 3.63) is 50.5 Å². The fourth-order valence-corrected chi connectivity index (χ4v) is 6.98. The zero-order valence-electron chi connectivity index (χ0n) is 28.7. The molecule has 13 heteroatoms. The number of unbranched alkanes of at least 4 members (excludes halogenated alkanes) is 1. The minimum Gasteiger partial charge on any atom is -0.465 e. The van der Waals surface area contributed by atoms with E-state index in [-0.39, 0.29) is 52.7 Å². The van der Waals surface area contributed by atoms with Gasteiger partial charge in [0.15, 0.2) is 24.9 Å². The summed E-state index contributed by atoms with van der Waals surface area (Å²) in [4.78, 5) is 42.8. The van der Waals surface area contributed by atoms with Crippen LogP contribution in [-0.2, 0) is 10.8 Å². The van der Waals surface area contributed by atoms with Gasteiger partial charge in [-0.15, -0.1) is 0 Å². The number of carboxylic acid groups (broad SMARTS) is 1. The Labute approximate surface area is 277 Å². The summed E-state index contributed by atoms with van der Waals surface area (Å²) >= 11 is 6.24. The molecule has 46 heavy (non-hydrogen) atoms. The highest BCUT2D eigenvalue weighted by Gasteiger charge is 2.37. The summed E-state index contributed by atoms with van der Waals surface area (Å²) in [6.45, 7) is 22.0. The molecular formula is C33H48ClFN6O4Si. The summed E-state index contributed by atoms with van der Waals surface area (Å²) in [7, 11) is -1.83. The molecule has 2 atom stereocenters. The van der Waals surface area contributed by atoms with Gasteiger partial charge >= 0.3 is 11.8 Å².